The molecule has 0 aliphatic heterocycles. The summed E-state index contributed by atoms with van der Waals surface area (Å²) < 4.78 is 15.3. The summed E-state index contributed by atoms with van der Waals surface area (Å²) in [5.41, 5.74) is 3.94. The molecule has 0 N–H and O–H groups in total. The van der Waals surface area contributed by atoms with Crippen molar-refractivity contribution in [3.8, 4) is 16.9 Å². The monoisotopic (exact) mass is 354 g/mol. The minimum atomic E-state index is -0.294. The Morgan fingerprint density at radius 3 is 1.96 bits per heavy atom. The quantitative estimate of drug-likeness (QED) is 0.373. The molecule has 27 heavy (non-hydrogen) atoms. The lowest BCUT2D eigenvalue weighted by atomic mass is 10.0. The predicted molar refractivity (Wildman–Crippen MR) is 103 cm³/mol. The number of carbonyl (C=O) groups excluding carboxylic acids is 1. The van der Waals surface area contributed by atoms with Crippen molar-refractivity contribution in [2.24, 2.45) is 0 Å². The lowest BCUT2D eigenvalue weighted by Gasteiger charge is -2.06. The summed E-state index contributed by atoms with van der Waals surface area (Å²) in [6.45, 7) is 0. The molecule has 4 aromatic rings. The van der Waals surface area contributed by atoms with Gasteiger partial charge in [0.25, 0.3) is 0 Å². The molecule has 0 spiro atoms. The van der Waals surface area contributed by atoms with Crippen LogP contribution in [0.5, 0.6) is 0 Å². The maximum Gasteiger partial charge on any atom is 0.218 e. The van der Waals surface area contributed by atoms with E-state index in [1.807, 2.05) is 71.4 Å². The highest BCUT2D eigenvalue weighted by atomic mass is 19.1. The first kappa shape index (κ1) is 16.9. The largest absolute Gasteiger partial charge is 0.288 e. The van der Waals surface area contributed by atoms with Gasteiger partial charge in [0.15, 0.2) is 12.0 Å². The van der Waals surface area contributed by atoms with E-state index in [0.29, 0.717) is 11.1 Å². The van der Waals surface area contributed by atoms with E-state index < -0.39 is 0 Å². The van der Waals surface area contributed by atoms with Crippen molar-refractivity contribution in [2.75, 3.05) is 0 Å². The van der Waals surface area contributed by atoms with Gasteiger partial charge in [-0.05, 0) is 30.3 Å². The van der Waals surface area contributed by atoms with Crippen LogP contribution in [0.1, 0.15) is 15.9 Å². The molecule has 4 rings (SSSR count). The second-order valence-electron chi connectivity index (χ2n) is 6.21. The van der Waals surface area contributed by atoms with Crippen LogP contribution in [0.15, 0.2) is 103 Å². The van der Waals surface area contributed by atoms with Crippen molar-refractivity contribution in [1.29, 1.82) is 0 Å². The van der Waals surface area contributed by atoms with Crippen molar-refractivity contribution in [2.45, 2.75) is 0 Å². The third-order valence-corrected chi connectivity index (χ3v) is 4.42. The smallest absolute Gasteiger partial charge is 0.218 e. The zero-order chi connectivity index (χ0) is 18.6. The Labute approximate surface area is 157 Å². The van der Waals surface area contributed by atoms with Gasteiger partial charge >= 0.3 is 0 Å². The summed E-state index contributed by atoms with van der Waals surface area (Å²) in [6, 6.07) is 29.1. The van der Waals surface area contributed by atoms with Crippen LogP contribution in [-0.4, -0.2) is 5.78 Å². The van der Waals surface area contributed by atoms with Crippen molar-refractivity contribution in [3.63, 3.8) is 0 Å². The van der Waals surface area contributed by atoms with Crippen LogP contribution in [-0.2, 0) is 0 Å². The Bertz CT molecular complexity index is 1070. The molecule has 3 heteroatoms. The lowest BCUT2D eigenvalue weighted by molar-refractivity contribution is -0.584. The molecular weight excluding hydrogens is 337 g/mol. The van der Waals surface area contributed by atoms with Crippen LogP contribution in [0.2, 0.25) is 0 Å². The molecular formula is C24H17FNO+. The highest BCUT2D eigenvalue weighted by Gasteiger charge is 2.20. The van der Waals surface area contributed by atoms with Crippen molar-refractivity contribution in [3.05, 3.63) is 120 Å². The fraction of sp³-hybridized carbons (Fsp3) is 0. The fourth-order valence-corrected chi connectivity index (χ4v) is 3.05. The molecule has 0 unspecified atom stereocenters. The number of pyridine rings is 1. The normalized spacial score (nSPS) is 10.6. The minimum absolute atomic E-state index is 0.0499. The zero-order valence-electron chi connectivity index (χ0n) is 14.5. The van der Waals surface area contributed by atoms with E-state index in [1.54, 1.807) is 24.3 Å². The maximum atomic E-state index is 13.4. The number of aromatic nitrogens is 1. The molecule has 0 amide bonds. The summed E-state index contributed by atoms with van der Waals surface area (Å²) in [6.07, 6.45) is 1.81. The predicted octanol–water partition coefficient (Wildman–Crippen LogP) is 5.00. The summed E-state index contributed by atoms with van der Waals surface area (Å²) in [5, 5.41) is 0. The van der Waals surface area contributed by atoms with Gasteiger partial charge in [0.05, 0.1) is 5.56 Å². The van der Waals surface area contributed by atoms with Crippen LogP contribution in [0.25, 0.3) is 16.9 Å². The molecule has 2 nitrogen and oxygen atoms in total. The Kier molecular flexibility index (Phi) is 4.58. The van der Waals surface area contributed by atoms with Crippen molar-refractivity contribution >= 4 is 5.78 Å². The van der Waals surface area contributed by atoms with Gasteiger partial charge in [-0.2, -0.15) is 4.57 Å². The van der Waals surface area contributed by atoms with E-state index >= 15 is 0 Å². The van der Waals surface area contributed by atoms with Crippen LogP contribution in [0.3, 0.4) is 0 Å². The first-order valence-corrected chi connectivity index (χ1v) is 8.69. The average Bonchev–Trinajstić information content (AvgIpc) is 2.74. The Morgan fingerprint density at radius 2 is 1.30 bits per heavy atom. The number of halogens is 1. The van der Waals surface area contributed by atoms with Gasteiger partial charge in [-0.15, -0.1) is 0 Å². The highest BCUT2D eigenvalue weighted by molar-refractivity contribution is 6.08. The van der Waals surface area contributed by atoms with Gasteiger partial charge in [-0.1, -0.05) is 48.5 Å². The first-order chi connectivity index (χ1) is 13.2. The molecule has 3 aromatic carbocycles. The molecule has 0 saturated heterocycles. The Morgan fingerprint density at radius 1 is 0.667 bits per heavy atom. The molecule has 0 fully saturated rings. The molecule has 1 aromatic heterocycles. The summed E-state index contributed by atoms with van der Waals surface area (Å²) >= 11 is 0. The summed E-state index contributed by atoms with van der Waals surface area (Å²) in [5.74, 6) is -0.344. The summed E-state index contributed by atoms with van der Waals surface area (Å²) in [4.78, 5) is 12.9. The third kappa shape index (κ3) is 3.53. The van der Waals surface area contributed by atoms with Gasteiger partial charge in [-0.25, -0.2) is 4.39 Å². The second kappa shape index (κ2) is 7.34. The topological polar surface area (TPSA) is 20.9 Å². The Hall–Kier alpha value is -3.59. The maximum absolute atomic E-state index is 13.4. The van der Waals surface area contributed by atoms with Crippen LogP contribution in [0.4, 0.5) is 4.39 Å². The van der Waals surface area contributed by atoms with E-state index in [4.69, 9.17) is 0 Å². The molecule has 130 valence electrons. The standard InChI is InChI=1S/C24H17FNO/c25-21-12-14-22(15-13-21)26-17-20(24(27)19-9-5-2-6-10-19)11-16-23(26)18-7-3-1-4-8-18/h1-17H/q+1. The third-order valence-electron chi connectivity index (χ3n) is 4.42. The molecule has 0 aliphatic rings. The van der Waals surface area contributed by atoms with Gasteiger partial charge < -0.3 is 0 Å². The summed E-state index contributed by atoms with van der Waals surface area (Å²) in [7, 11) is 0. The molecule has 0 aliphatic carbocycles. The van der Waals surface area contributed by atoms with Crippen molar-refractivity contribution < 1.29 is 13.8 Å². The van der Waals surface area contributed by atoms with E-state index in [1.165, 1.54) is 12.1 Å². The van der Waals surface area contributed by atoms with Crippen LogP contribution in [0, 0.1) is 5.82 Å². The van der Waals surface area contributed by atoms with Crippen LogP contribution >= 0.6 is 0 Å². The van der Waals surface area contributed by atoms with Gasteiger partial charge in [0.1, 0.15) is 5.82 Å². The fourth-order valence-electron chi connectivity index (χ4n) is 3.05. The van der Waals surface area contributed by atoms with Gasteiger partial charge in [0, 0.05) is 29.3 Å². The van der Waals surface area contributed by atoms with Crippen LogP contribution < -0.4 is 4.57 Å². The molecule has 0 saturated carbocycles. The number of nitrogens with zero attached hydrogens (tertiary/aromatic N) is 1. The number of hydrogen-bond acceptors (Lipinski definition) is 1. The second-order valence-corrected chi connectivity index (χ2v) is 6.21. The SMILES string of the molecule is O=C(c1ccccc1)c1ccc(-c2ccccc2)[n+](-c2ccc(F)cc2)c1. The van der Waals surface area contributed by atoms with Gasteiger partial charge in [-0.3, -0.25) is 4.79 Å². The average molecular weight is 354 g/mol. The van der Waals surface area contributed by atoms with Crippen molar-refractivity contribution in [1.82, 2.24) is 0 Å². The molecule has 1 heterocycles. The van der Waals surface area contributed by atoms with Gasteiger partial charge in [0.2, 0.25) is 11.4 Å². The van der Waals surface area contributed by atoms with E-state index in [9.17, 15) is 9.18 Å². The minimum Gasteiger partial charge on any atom is -0.288 e. The molecule has 0 bridgehead atoms. The number of ketones is 1. The van der Waals surface area contributed by atoms with E-state index in [2.05, 4.69) is 0 Å². The van der Waals surface area contributed by atoms with E-state index in [0.717, 1.165) is 16.9 Å². The number of carbonyl (C=O) groups is 1. The first-order valence-electron chi connectivity index (χ1n) is 8.69. The number of rotatable bonds is 4. The molecule has 0 radical (unpaired) electrons. The molecule has 0 atom stereocenters. The van der Waals surface area contributed by atoms with E-state index in [-0.39, 0.29) is 11.6 Å². The zero-order valence-corrected chi connectivity index (χ0v) is 14.5. The Balaban J connectivity index is 1.86. The number of hydrogen-bond donors (Lipinski definition) is 0. The highest BCUT2D eigenvalue weighted by Crippen LogP contribution is 2.19. The lowest BCUT2D eigenvalue weighted by Crippen LogP contribution is -2.34. The number of benzene rings is 3.